The Morgan fingerprint density at radius 1 is 1.18 bits per heavy atom. The Bertz CT molecular complexity index is 488. The highest BCUT2D eigenvalue weighted by Crippen LogP contribution is 2.12. The number of benzene rings is 1. The molecule has 0 aliphatic carbocycles. The number of methoxy groups -OCH3 is 1. The lowest BCUT2D eigenvalue weighted by Crippen LogP contribution is -2.07. The van der Waals surface area contributed by atoms with Crippen molar-refractivity contribution in [1.82, 2.24) is 15.0 Å². The Morgan fingerprint density at radius 2 is 1.94 bits per heavy atom. The van der Waals surface area contributed by atoms with E-state index < -0.39 is 0 Å². The molecule has 0 saturated heterocycles. The predicted molar refractivity (Wildman–Crippen MR) is 64.7 cm³/mol. The van der Waals surface area contributed by atoms with E-state index in [1.54, 1.807) is 7.11 Å². The minimum Gasteiger partial charge on any atom is -0.377 e. The minimum atomic E-state index is 0.172. The number of ether oxygens (including phenoxy) is 1. The number of nitrogens with two attached hydrogens (primary N) is 1. The first-order valence-corrected chi connectivity index (χ1v) is 5.09. The maximum Gasteiger partial charge on any atom is 0.232 e. The lowest BCUT2D eigenvalue weighted by molar-refractivity contribution is 0.178. The van der Waals surface area contributed by atoms with Gasteiger partial charge in [-0.25, -0.2) is 0 Å². The third kappa shape index (κ3) is 3.12. The molecule has 1 aromatic heterocycles. The molecule has 6 nitrogen and oxygen atoms in total. The van der Waals surface area contributed by atoms with E-state index in [4.69, 9.17) is 10.5 Å². The molecule has 0 aliphatic rings. The Kier molecular flexibility index (Phi) is 3.46. The Hall–Kier alpha value is -2.21. The van der Waals surface area contributed by atoms with Crippen molar-refractivity contribution in [3.8, 4) is 0 Å². The van der Waals surface area contributed by atoms with Crippen LogP contribution in [0.2, 0.25) is 0 Å². The van der Waals surface area contributed by atoms with Crippen LogP contribution in [0, 0.1) is 0 Å². The molecule has 0 atom stereocenters. The van der Waals surface area contributed by atoms with Crippen LogP contribution in [0.25, 0.3) is 0 Å². The van der Waals surface area contributed by atoms with Gasteiger partial charge in [0.25, 0.3) is 0 Å². The van der Waals surface area contributed by atoms with Gasteiger partial charge in [-0.2, -0.15) is 15.0 Å². The summed E-state index contributed by atoms with van der Waals surface area (Å²) < 4.78 is 4.95. The molecule has 0 aliphatic heterocycles. The predicted octanol–water partition coefficient (Wildman–Crippen LogP) is 1.34. The van der Waals surface area contributed by atoms with Gasteiger partial charge in [0.05, 0.1) is 0 Å². The molecule has 1 heterocycles. The second-order valence-electron chi connectivity index (χ2n) is 3.36. The third-order valence-corrected chi connectivity index (χ3v) is 2.00. The first-order valence-electron chi connectivity index (χ1n) is 5.09. The maximum atomic E-state index is 5.59. The van der Waals surface area contributed by atoms with Gasteiger partial charge in [-0.1, -0.05) is 18.2 Å². The summed E-state index contributed by atoms with van der Waals surface area (Å²) >= 11 is 0. The van der Waals surface area contributed by atoms with E-state index in [1.807, 2.05) is 30.3 Å². The zero-order chi connectivity index (χ0) is 12.1. The molecule has 2 aromatic rings. The molecule has 0 spiro atoms. The standard InChI is InChI=1S/C11H13N5O/c1-17-7-9-14-10(12)16-11(15-9)13-8-5-3-2-4-6-8/h2-6H,7H2,1H3,(H3,12,13,14,15,16). The van der Waals surface area contributed by atoms with Crippen LogP contribution in [-0.4, -0.2) is 22.1 Å². The van der Waals surface area contributed by atoms with Crippen LogP contribution in [0.5, 0.6) is 0 Å². The van der Waals surface area contributed by atoms with Crippen molar-refractivity contribution in [2.75, 3.05) is 18.2 Å². The van der Waals surface area contributed by atoms with Crippen molar-refractivity contribution >= 4 is 17.6 Å². The number of nitrogen functional groups attached to an aromatic ring is 1. The van der Waals surface area contributed by atoms with E-state index in [0.29, 0.717) is 18.4 Å². The van der Waals surface area contributed by atoms with Gasteiger partial charge in [0.1, 0.15) is 6.61 Å². The van der Waals surface area contributed by atoms with Crippen molar-refractivity contribution in [3.05, 3.63) is 36.2 Å². The third-order valence-electron chi connectivity index (χ3n) is 2.00. The van der Waals surface area contributed by atoms with Gasteiger partial charge in [-0.05, 0) is 12.1 Å². The van der Waals surface area contributed by atoms with E-state index >= 15 is 0 Å². The molecular weight excluding hydrogens is 218 g/mol. The number of nitrogens with zero attached hydrogens (tertiary/aromatic N) is 3. The van der Waals surface area contributed by atoms with Gasteiger partial charge in [0.2, 0.25) is 11.9 Å². The Balaban J connectivity index is 2.21. The monoisotopic (exact) mass is 231 g/mol. The van der Waals surface area contributed by atoms with E-state index in [2.05, 4.69) is 20.3 Å². The maximum absolute atomic E-state index is 5.59. The van der Waals surface area contributed by atoms with Crippen LogP contribution in [-0.2, 0) is 11.3 Å². The molecule has 2 rings (SSSR count). The SMILES string of the molecule is COCc1nc(N)nc(Nc2ccccc2)n1. The van der Waals surface area contributed by atoms with Gasteiger partial charge in [0, 0.05) is 12.8 Å². The molecule has 0 unspecified atom stereocenters. The zero-order valence-electron chi connectivity index (χ0n) is 9.42. The molecule has 3 N–H and O–H groups in total. The highest BCUT2D eigenvalue weighted by atomic mass is 16.5. The molecular formula is C11H13N5O. The average molecular weight is 231 g/mol. The molecule has 1 aromatic carbocycles. The molecule has 0 fully saturated rings. The number of anilines is 3. The Morgan fingerprint density at radius 3 is 2.65 bits per heavy atom. The second kappa shape index (κ2) is 5.22. The second-order valence-corrected chi connectivity index (χ2v) is 3.36. The van der Waals surface area contributed by atoms with Crippen LogP contribution in [0.4, 0.5) is 17.6 Å². The molecule has 17 heavy (non-hydrogen) atoms. The van der Waals surface area contributed by atoms with Crippen LogP contribution in [0.3, 0.4) is 0 Å². The summed E-state index contributed by atoms with van der Waals surface area (Å²) in [7, 11) is 1.57. The number of aromatic nitrogens is 3. The summed E-state index contributed by atoms with van der Waals surface area (Å²) in [6.45, 7) is 0.302. The topological polar surface area (TPSA) is 86.0 Å². The summed E-state index contributed by atoms with van der Waals surface area (Å²) in [6.07, 6.45) is 0. The highest BCUT2D eigenvalue weighted by Gasteiger charge is 2.04. The summed E-state index contributed by atoms with van der Waals surface area (Å²) in [6, 6.07) is 9.60. The van der Waals surface area contributed by atoms with Crippen molar-refractivity contribution in [3.63, 3.8) is 0 Å². The number of hydrogen-bond donors (Lipinski definition) is 2. The van der Waals surface area contributed by atoms with Gasteiger partial charge in [-0.3, -0.25) is 0 Å². The van der Waals surface area contributed by atoms with E-state index in [0.717, 1.165) is 5.69 Å². The lowest BCUT2D eigenvalue weighted by atomic mass is 10.3. The Labute approximate surface area is 98.9 Å². The number of rotatable bonds is 4. The summed E-state index contributed by atoms with van der Waals surface area (Å²) in [4.78, 5) is 12.1. The average Bonchev–Trinajstić information content (AvgIpc) is 2.30. The summed E-state index contributed by atoms with van der Waals surface area (Å²) in [5.41, 5.74) is 6.48. The molecule has 88 valence electrons. The molecule has 0 radical (unpaired) electrons. The number of hydrogen-bond acceptors (Lipinski definition) is 6. The van der Waals surface area contributed by atoms with Crippen molar-refractivity contribution in [1.29, 1.82) is 0 Å². The fourth-order valence-corrected chi connectivity index (χ4v) is 1.34. The fourth-order valence-electron chi connectivity index (χ4n) is 1.34. The van der Waals surface area contributed by atoms with Crippen LogP contribution < -0.4 is 11.1 Å². The normalized spacial score (nSPS) is 10.2. The smallest absolute Gasteiger partial charge is 0.232 e. The number of para-hydroxylation sites is 1. The quantitative estimate of drug-likeness (QED) is 0.825. The van der Waals surface area contributed by atoms with Crippen LogP contribution in [0.1, 0.15) is 5.82 Å². The van der Waals surface area contributed by atoms with Crippen molar-refractivity contribution < 1.29 is 4.74 Å². The van der Waals surface area contributed by atoms with Crippen molar-refractivity contribution in [2.45, 2.75) is 6.61 Å². The first kappa shape index (κ1) is 11.3. The van der Waals surface area contributed by atoms with Gasteiger partial charge >= 0.3 is 0 Å². The fraction of sp³-hybridized carbons (Fsp3) is 0.182. The van der Waals surface area contributed by atoms with Crippen molar-refractivity contribution in [2.24, 2.45) is 0 Å². The molecule has 0 bridgehead atoms. The van der Waals surface area contributed by atoms with E-state index in [9.17, 15) is 0 Å². The van der Waals surface area contributed by atoms with Crippen LogP contribution >= 0.6 is 0 Å². The minimum absolute atomic E-state index is 0.172. The van der Waals surface area contributed by atoms with Gasteiger partial charge in [-0.15, -0.1) is 0 Å². The molecule has 0 saturated carbocycles. The summed E-state index contributed by atoms with van der Waals surface area (Å²) in [5.74, 6) is 1.08. The lowest BCUT2D eigenvalue weighted by Gasteiger charge is -2.06. The first-order chi connectivity index (χ1) is 8.28. The highest BCUT2D eigenvalue weighted by molar-refractivity contribution is 5.53. The van der Waals surface area contributed by atoms with E-state index in [1.165, 1.54) is 0 Å². The largest absolute Gasteiger partial charge is 0.377 e. The molecule has 6 heteroatoms. The number of nitrogens with one attached hydrogen (secondary N) is 1. The summed E-state index contributed by atoms with van der Waals surface area (Å²) in [5, 5.41) is 3.05. The van der Waals surface area contributed by atoms with Gasteiger partial charge < -0.3 is 15.8 Å². The molecule has 0 amide bonds. The zero-order valence-corrected chi connectivity index (χ0v) is 9.42. The van der Waals surface area contributed by atoms with Crippen LogP contribution in [0.15, 0.2) is 30.3 Å². The van der Waals surface area contributed by atoms with Gasteiger partial charge in [0.15, 0.2) is 5.82 Å². The van der Waals surface area contributed by atoms with E-state index in [-0.39, 0.29) is 5.95 Å².